The second-order valence-electron chi connectivity index (χ2n) is 6.26. The zero-order valence-electron chi connectivity index (χ0n) is 14.7. The van der Waals surface area contributed by atoms with Crippen molar-refractivity contribution in [2.75, 3.05) is 0 Å². The monoisotopic (exact) mass is 381 g/mol. The van der Waals surface area contributed by atoms with Crippen LogP contribution in [0, 0.1) is 15.9 Å². The molecule has 0 saturated heterocycles. The molecule has 1 aliphatic heterocycles. The molecule has 0 unspecified atom stereocenters. The maximum absolute atomic E-state index is 14.0. The standard InChI is InChI=1S/C21H16FNO5/c22-17-10-15(12-26-19-8-6-18(7-9-19)23(24)25)20-16(11-17)13-27-21(28-20)14-4-2-1-3-5-14/h1-11,21H,12-13H2/t21-/m0/s1. The van der Waals surface area contributed by atoms with Gasteiger partial charge in [-0.25, -0.2) is 4.39 Å². The van der Waals surface area contributed by atoms with Gasteiger partial charge in [0.05, 0.1) is 11.5 Å². The van der Waals surface area contributed by atoms with Crippen molar-refractivity contribution in [2.24, 2.45) is 0 Å². The number of ether oxygens (including phenoxy) is 3. The summed E-state index contributed by atoms with van der Waals surface area (Å²) in [4.78, 5) is 10.3. The van der Waals surface area contributed by atoms with Crippen LogP contribution in [0.2, 0.25) is 0 Å². The zero-order valence-corrected chi connectivity index (χ0v) is 14.7. The highest BCUT2D eigenvalue weighted by Gasteiger charge is 2.25. The summed E-state index contributed by atoms with van der Waals surface area (Å²) in [7, 11) is 0. The third kappa shape index (κ3) is 3.79. The number of benzene rings is 3. The molecule has 0 spiro atoms. The Bertz CT molecular complexity index is 992. The van der Waals surface area contributed by atoms with Crippen LogP contribution >= 0.6 is 0 Å². The summed E-state index contributed by atoms with van der Waals surface area (Å²) in [5.41, 5.74) is 1.98. The summed E-state index contributed by atoms with van der Waals surface area (Å²) in [6.45, 7) is 0.274. The van der Waals surface area contributed by atoms with E-state index in [1.807, 2.05) is 30.3 Å². The molecular formula is C21H16FNO5. The lowest BCUT2D eigenvalue weighted by Gasteiger charge is -2.28. The Balaban J connectivity index is 1.55. The van der Waals surface area contributed by atoms with E-state index in [-0.39, 0.29) is 18.9 Å². The van der Waals surface area contributed by atoms with Crippen LogP contribution in [0.3, 0.4) is 0 Å². The molecule has 0 fully saturated rings. The minimum Gasteiger partial charge on any atom is -0.489 e. The molecule has 0 bridgehead atoms. The first-order valence-corrected chi connectivity index (χ1v) is 8.62. The van der Waals surface area contributed by atoms with E-state index in [9.17, 15) is 14.5 Å². The van der Waals surface area contributed by atoms with Gasteiger partial charge < -0.3 is 14.2 Å². The van der Waals surface area contributed by atoms with Crippen molar-refractivity contribution in [2.45, 2.75) is 19.5 Å². The largest absolute Gasteiger partial charge is 0.489 e. The lowest BCUT2D eigenvalue weighted by molar-refractivity contribution is -0.384. The highest BCUT2D eigenvalue weighted by Crippen LogP contribution is 2.37. The Morgan fingerprint density at radius 3 is 2.57 bits per heavy atom. The van der Waals surface area contributed by atoms with Gasteiger partial charge in [-0.3, -0.25) is 10.1 Å². The van der Waals surface area contributed by atoms with Gasteiger partial charge in [0.1, 0.15) is 23.9 Å². The van der Waals surface area contributed by atoms with Crippen LogP contribution in [-0.4, -0.2) is 4.92 Å². The van der Waals surface area contributed by atoms with E-state index >= 15 is 0 Å². The van der Waals surface area contributed by atoms with Gasteiger partial charge in [0.2, 0.25) is 6.29 Å². The van der Waals surface area contributed by atoms with Crippen LogP contribution in [-0.2, 0) is 18.0 Å². The smallest absolute Gasteiger partial charge is 0.269 e. The quantitative estimate of drug-likeness (QED) is 0.463. The SMILES string of the molecule is O=[N+]([O-])c1ccc(OCc2cc(F)cc3c2O[C@@H](c2ccccc2)OC3)cc1. The average Bonchev–Trinajstić information content (AvgIpc) is 2.72. The molecule has 1 heterocycles. The summed E-state index contributed by atoms with van der Waals surface area (Å²) in [5.74, 6) is 0.560. The van der Waals surface area contributed by atoms with Gasteiger partial charge >= 0.3 is 0 Å². The van der Waals surface area contributed by atoms with Crippen molar-refractivity contribution >= 4 is 5.69 Å². The highest BCUT2D eigenvalue weighted by atomic mass is 19.1. The molecule has 3 aromatic carbocycles. The maximum Gasteiger partial charge on any atom is 0.269 e. The van der Waals surface area contributed by atoms with Crippen molar-refractivity contribution in [3.63, 3.8) is 0 Å². The summed E-state index contributed by atoms with van der Waals surface area (Å²) in [6, 6.07) is 17.9. The molecule has 3 aromatic rings. The summed E-state index contributed by atoms with van der Waals surface area (Å²) < 4.78 is 31.4. The Morgan fingerprint density at radius 2 is 1.86 bits per heavy atom. The minimum absolute atomic E-state index is 0.0262. The molecule has 28 heavy (non-hydrogen) atoms. The number of hydrogen-bond acceptors (Lipinski definition) is 5. The van der Waals surface area contributed by atoms with Crippen LogP contribution in [0.4, 0.5) is 10.1 Å². The van der Waals surface area contributed by atoms with E-state index in [4.69, 9.17) is 14.2 Å². The van der Waals surface area contributed by atoms with Crippen molar-refractivity contribution < 1.29 is 23.5 Å². The lowest BCUT2D eigenvalue weighted by atomic mass is 10.1. The number of nitro benzene ring substituents is 1. The number of hydrogen-bond donors (Lipinski definition) is 0. The summed E-state index contributed by atoms with van der Waals surface area (Å²) >= 11 is 0. The molecule has 0 aliphatic carbocycles. The molecule has 7 heteroatoms. The molecule has 142 valence electrons. The average molecular weight is 381 g/mol. The van der Waals surface area contributed by atoms with Gasteiger partial charge in [-0.1, -0.05) is 30.3 Å². The Morgan fingerprint density at radius 1 is 1.11 bits per heavy atom. The number of non-ortho nitro benzene ring substituents is 1. The van der Waals surface area contributed by atoms with Crippen molar-refractivity contribution in [3.05, 3.63) is 99.4 Å². The van der Waals surface area contributed by atoms with Gasteiger partial charge in [-0.05, 0) is 24.3 Å². The predicted octanol–water partition coefficient (Wildman–Crippen LogP) is 4.92. The lowest BCUT2D eigenvalue weighted by Crippen LogP contribution is -2.19. The Hall–Kier alpha value is -3.45. The van der Waals surface area contributed by atoms with Crippen LogP contribution in [0.1, 0.15) is 23.0 Å². The third-order valence-electron chi connectivity index (χ3n) is 4.34. The number of fused-ring (bicyclic) bond motifs is 1. The summed E-state index contributed by atoms with van der Waals surface area (Å²) in [5, 5.41) is 10.7. The van der Waals surface area contributed by atoms with Crippen LogP contribution in [0.25, 0.3) is 0 Å². The van der Waals surface area contributed by atoms with Crippen LogP contribution < -0.4 is 9.47 Å². The van der Waals surface area contributed by atoms with Gasteiger partial charge in [0.15, 0.2) is 0 Å². The molecule has 0 saturated carbocycles. The predicted molar refractivity (Wildman–Crippen MR) is 98.4 cm³/mol. The highest BCUT2D eigenvalue weighted by molar-refractivity contribution is 5.43. The van der Waals surface area contributed by atoms with Crippen molar-refractivity contribution in [3.8, 4) is 11.5 Å². The molecule has 0 N–H and O–H groups in total. The second-order valence-corrected chi connectivity index (χ2v) is 6.26. The summed E-state index contributed by atoms with van der Waals surface area (Å²) in [6.07, 6.45) is -0.586. The molecular weight excluding hydrogens is 365 g/mol. The number of halogens is 1. The van der Waals surface area contributed by atoms with E-state index in [2.05, 4.69) is 0 Å². The molecule has 4 rings (SSSR count). The van der Waals surface area contributed by atoms with Gasteiger partial charge in [-0.2, -0.15) is 0 Å². The van der Waals surface area contributed by atoms with Gasteiger partial charge in [-0.15, -0.1) is 0 Å². The number of rotatable bonds is 5. The maximum atomic E-state index is 14.0. The van der Waals surface area contributed by atoms with E-state index in [0.717, 1.165) is 5.56 Å². The normalized spacial score (nSPS) is 15.4. The van der Waals surface area contributed by atoms with E-state index in [0.29, 0.717) is 22.6 Å². The third-order valence-corrected chi connectivity index (χ3v) is 4.34. The molecule has 0 aromatic heterocycles. The molecule has 1 aliphatic rings. The number of nitro groups is 1. The van der Waals surface area contributed by atoms with Crippen LogP contribution in [0.5, 0.6) is 11.5 Å². The van der Waals surface area contributed by atoms with E-state index < -0.39 is 17.0 Å². The van der Waals surface area contributed by atoms with Gasteiger partial charge in [0.25, 0.3) is 5.69 Å². The fourth-order valence-corrected chi connectivity index (χ4v) is 2.98. The second kappa shape index (κ2) is 7.66. The van der Waals surface area contributed by atoms with Crippen LogP contribution in [0.15, 0.2) is 66.7 Å². The fourth-order valence-electron chi connectivity index (χ4n) is 2.98. The minimum atomic E-state index is -0.586. The van der Waals surface area contributed by atoms with Crippen molar-refractivity contribution in [1.29, 1.82) is 0 Å². The number of nitrogens with zero attached hydrogens (tertiary/aromatic N) is 1. The van der Waals surface area contributed by atoms with Crippen molar-refractivity contribution in [1.82, 2.24) is 0 Å². The topological polar surface area (TPSA) is 70.8 Å². The van der Waals surface area contributed by atoms with E-state index in [1.54, 1.807) is 0 Å². The van der Waals surface area contributed by atoms with Gasteiger partial charge in [0, 0.05) is 28.8 Å². The first kappa shape index (κ1) is 17.9. The Labute approximate surface area is 160 Å². The zero-order chi connectivity index (χ0) is 19.5. The molecule has 6 nitrogen and oxygen atoms in total. The fraction of sp³-hybridized carbons (Fsp3) is 0.143. The molecule has 1 atom stereocenters. The first-order chi connectivity index (χ1) is 13.6. The molecule has 0 amide bonds. The van der Waals surface area contributed by atoms with E-state index in [1.165, 1.54) is 36.4 Å². The first-order valence-electron chi connectivity index (χ1n) is 8.62. The Kier molecular flexibility index (Phi) is 4.90. The molecule has 0 radical (unpaired) electrons.